The molecule has 1 aromatic rings. The fourth-order valence-corrected chi connectivity index (χ4v) is 2.07. The molecule has 4 nitrogen and oxygen atoms in total. The summed E-state index contributed by atoms with van der Waals surface area (Å²) in [5.74, 6) is 0.606. The maximum Gasteiger partial charge on any atom is 0.260 e. The first-order valence-electron chi connectivity index (χ1n) is 6.35. The van der Waals surface area contributed by atoms with Gasteiger partial charge in [0.1, 0.15) is 10.7 Å². The molecular weight excluding hydrogens is 296 g/mol. The van der Waals surface area contributed by atoms with Crippen molar-refractivity contribution in [3.8, 4) is 5.75 Å². The Balaban J connectivity index is 2.80. The molecule has 0 aromatic heterocycles. The van der Waals surface area contributed by atoms with Crippen molar-refractivity contribution in [3.63, 3.8) is 0 Å². The Labute approximate surface area is 129 Å². The highest BCUT2D eigenvalue weighted by Gasteiger charge is 2.18. The lowest BCUT2D eigenvalue weighted by molar-refractivity contribution is -0.127. The number of ether oxygens (including phenoxy) is 1. The Morgan fingerprint density at radius 2 is 2.10 bits per heavy atom. The minimum absolute atomic E-state index is 0.139. The first-order chi connectivity index (χ1) is 9.32. The first kappa shape index (κ1) is 16.7. The summed E-state index contributed by atoms with van der Waals surface area (Å²) in [6.07, 6.45) is -0.652. The largest absolute Gasteiger partial charge is 0.480 e. The molecule has 3 N–H and O–H groups in total. The Morgan fingerprint density at radius 1 is 1.45 bits per heavy atom. The van der Waals surface area contributed by atoms with Crippen molar-refractivity contribution in [1.82, 2.24) is 5.32 Å². The monoisotopic (exact) mass is 314 g/mol. The summed E-state index contributed by atoms with van der Waals surface area (Å²) in [4.78, 5) is 12.0. The van der Waals surface area contributed by atoms with E-state index in [1.54, 1.807) is 25.1 Å². The molecule has 1 unspecified atom stereocenters. The highest BCUT2D eigenvalue weighted by Crippen LogP contribution is 2.27. The highest BCUT2D eigenvalue weighted by atomic mass is 35.5. The SMILES string of the molecule is CC(C)CNC(=O)C(C)Oc1cccc(Cl)c1C(N)=S. The predicted octanol–water partition coefficient (Wildman–Crippen LogP) is 2.51. The van der Waals surface area contributed by atoms with E-state index in [2.05, 4.69) is 5.32 Å². The molecule has 0 heterocycles. The number of hydrogen-bond donors (Lipinski definition) is 2. The predicted molar refractivity (Wildman–Crippen MR) is 85.3 cm³/mol. The van der Waals surface area contributed by atoms with E-state index >= 15 is 0 Å². The molecule has 1 rings (SSSR count). The summed E-state index contributed by atoms with van der Waals surface area (Å²) in [6.45, 7) is 6.31. The van der Waals surface area contributed by atoms with Crippen molar-refractivity contribution in [3.05, 3.63) is 28.8 Å². The molecule has 0 bridgehead atoms. The van der Waals surface area contributed by atoms with E-state index in [0.29, 0.717) is 28.8 Å². The zero-order valence-electron chi connectivity index (χ0n) is 11.8. The Kier molecular flexibility index (Phi) is 6.23. The topological polar surface area (TPSA) is 64.3 Å². The number of halogens is 1. The molecule has 0 aliphatic carbocycles. The average Bonchev–Trinajstić information content (AvgIpc) is 2.35. The number of benzene rings is 1. The van der Waals surface area contributed by atoms with Crippen LogP contribution in [-0.2, 0) is 4.79 Å². The minimum atomic E-state index is -0.652. The Hall–Kier alpha value is -1.33. The molecule has 1 atom stereocenters. The molecule has 0 aliphatic heterocycles. The second-order valence-corrected chi connectivity index (χ2v) is 5.72. The van der Waals surface area contributed by atoms with Gasteiger partial charge in [0.15, 0.2) is 6.10 Å². The van der Waals surface area contributed by atoms with Crippen molar-refractivity contribution in [1.29, 1.82) is 0 Å². The minimum Gasteiger partial charge on any atom is -0.480 e. The van der Waals surface area contributed by atoms with Crippen LogP contribution < -0.4 is 15.8 Å². The van der Waals surface area contributed by atoms with Gasteiger partial charge in [0.25, 0.3) is 5.91 Å². The second kappa shape index (κ2) is 7.45. The zero-order valence-corrected chi connectivity index (χ0v) is 13.3. The standard InChI is InChI=1S/C14H19ClN2O2S/c1-8(2)7-17-14(18)9(3)19-11-6-4-5-10(15)12(11)13(16)20/h4-6,8-9H,7H2,1-3H3,(H2,16,20)(H,17,18). The van der Waals surface area contributed by atoms with E-state index in [1.165, 1.54) is 0 Å². The van der Waals surface area contributed by atoms with Gasteiger partial charge in [-0.3, -0.25) is 4.79 Å². The van der Waals surface area contributed by atoms with Crippen molar-refractivity contribution in [2.24, 2.45) is 11.7 Å². The van der Waals surface area contributed by atoms with Crippen LogP contribution in [-0.4, -0.2) is 23.5 Å². The maximum atomic E-state index is 11.9. The van der Waals surface area contributed by atoms with Crippen LogP contribution >= 0.6 is 23.8 Å². The van der Waals surface area contributed by atoms with Crippen LogP contribution in [0.5, 0.6) is 5.75 Å². The van der Waals surface area contributed by atoms with E-state index < -0.39 is 6.10 Å². The summed E-state index contributed by atoms with van der Waals surface area (Å²) in [5.41, 5.74) is 6.08. The van der Waals surface area contributed by atoms with Gasteiger partial charge in [0.05, 0.1) is 10.6 Å². The fourth-order valence-electron chi connectivity index (χ4n) is 1.53. The summed E-state index contributed by atoms with van der Waals surface area (Å²) in [5, 5.41) is 3.21. The number of nitrogens with two attached hydrogens (primary N) is 1. The summed E-state index contributed by atoms with van der Waals surface area (Å²) >= 11 is 11.0. The Morgan fingerprint density at radius 3 is 2.65 bits per heavy atom. The molecule has 20 heavy (non-hydrogen) atoms. The molecule has 0 spiro atoms. The molecule has 1 amide bonds. The number of carbonyl (C=O) groups excluding carboxylic acids is 1. The van der Waals surface area contributed by atoms with Crippen molar-refractivity contribution >= 4 is 34.7 Å². The summed E-state index contributed by atoms with van der Waals surface area (Å²) < 4.78 is 5.62. The van der Waals surface area contributed by atoms with Crippen LogP contribution in [0.25, 0.3) is 0 Å². The summed E-state index contributed by atoms with van der Waals surface area (Å²) in [6, 6.07) is 5.08. The zero-order chi connectivity index (χ0) is 15.3. The third-order valence-electron chi connectivity index (χ3n) is 2.58. The molecule has 6 heteroatoms. The van der Waals surface area contributed by atoms with Crippen LogP contribution in [0, 0.1) is 5.92 Å². The average molecular weight is 315 g/mol. The van der Waals surface area contributed by atoms with Crippen molar-refractivity contribution < 1.29 is 9.53 Å². The van der Waals surface area contributed by atoms with Crippen LogP contribution in [0.4, 0.5) is 0 Å². The Bertz CT molecular complexity index is 506. The van der Waals surface area contributed by atoms with Crippen molar-refractivity contribution in [2.75, 3.05) is 6.54 Å². The van der Waals surface area contributed by atoms with Crippen LogP contribution in [0.1, 0.15) is 26.3 Å². The van der Waals surface area contributed by atoms with Gasteiger partial charge < -0.3 is 15.8 Å². The van der Waals surface area contributed by atoms with Crippen LogP contribution in [0.15, 0.2) is 18.2 Å². The quantitative estimate of drug-likeness (QED) is 0.792. The van der Waals surface area contributed by atoms with Gasteiger partial charge in [-0.1, -0.05) is 43.7 Å². The van der Waals surface area contributed by atoms with E-state index in [1.807, 2.05) is 13.8 Å². The molecule has 0 saturated carbocycles. The smallest absolute Gasteiger partial charge is 0.260 e. The highest BCUT2D eigenvalue weighted by molar-refractivity contribution is 7.80. The molecule has 0 aliphatic rings. The number of hydrogen-bond acceptors (Lipinski definition) is 3. The van der Waals surface area contributed by atoms with Gasteiger partial charge in [-0.25, -0.2) is 0 Å². The third kappa shape index (κ3) is 4.65. The molecule has 0 fully saturated rings. The molecule has 0 saturated heterocycles. The number of rotatable bonds is 6. The van der Waals surface area contributed by atoms with Gasteiger partial charge in [-0.05, 0) is 25.0 Å². The number of carbonyl (C=O) groups is 1. The summed E-state index contributed by atoms with van der Waals surface area (Å²) in [7, 11) is 0. The number of thiocarbonyl (C=S) groups is 1. The second-order valence-electron chi connectivity index (χ2n) is 4.88. The van der Waals surface area contributed by atoms with Gasteiger partial charge >= 0.3 is 0 Å². The van der Waals surface area contributed by atoms with Gasteiger partial charge in [-0.2, -0.15) is 0 Å². The fraction of sp³-hybridized carbons (Fsp3) is 0.429. The number of nitrogens with one attached hydrogen (secondary N) is 1. The molecule has 110 valence electrons. The third-order valence-corrected chi connectivity index (χ3v) is 3.10. The lowest BCUT2D eigenvalue weighted by atomic mass is 10.2. The van der Waals surface area contributed by atoms with Gasteiger partial charge in [0, 0.05) is 6.54 Å². The molecule has 1 aromatic carbocycles. The van der Waals surface area contributed by atoms with Crippen LogP contribution in [0.3, 0.4) is 0 Å². The van der Waals surface area contributed by atoms with Crippen molar-refractivity contribution in [2.45, 2.75) is 26.9 Å². The van der Waals surface area contributed by atoms with E-state index in [-0.39, 0.29) is 10.9 Å². The van der Waals surface area contributed by atoms with E-state index in [4.69, 9.17) is 34.3 Å². The lowest BCUT2D eigenvalue weighted by Crippen LogP contribution is -2.38. The van der Waals surface area contributed by atoms with Gasteiger partial charge in [-0.15, -0.1) is 0 Å². The van der Waals surface area contributed by atoms with Gasteiger partial charge in [0.2, 0.25) is 0 Å². The molecular formula is C14H19ClN2O2S. The van der Waals surface area contributed by atoms with E-state index in [0.717, 1.165) is 0 Å². The van der Waals surface area contributed by atoms with Crippen LogP contribution in [0.2, 0.25) is 5.02 Å². The molecule has 0 radical (unpaired) electrons. The maximum absolute atomic E-state index is 11.9. The first-order valence-corrected chi connectivity index (χ1v) is 7.14. The normalized spacial score (nSPS) is 12.1. The van der Waals surface area contributed by atoms with E-state index in [9.17, 15) is 4.79 Å². The lowest BCUT2D eigenvalue weighted by Gasteiger charge is -2.18. The number of amides is 1.